The summed E-state index contributed by atoms with van der Waals surface area (Å²) in [6, 6.07) is 3.56. The molecule has 4 N–H and O–H groups in total. The standard InChI is InChI=1S/C29H47N3O6/c1-19(2)12-13-20(3)32(27(36)24(18-33)31-28(37)38-29(4,5)6)25(21-14-16-23(34)17-15-21)26(35)30-22-10-8-7-9-11-22/h14-17,19-20,22,24-25,33-34H,7-13,18H2,1-6H3,(H,30,35)(H,31,37). The molecule has 0 spiro atoms. The summed E-state index contributed by atoms with van der Waals surface area (Å²) in [5.74, 6) is -0.468. The van der Waals surface area contributed by atoms with Crippen LogP contribution in [0.2, 0.25) is 0 Å². The predicted octanol–water partition coefficient (Wildman–Crippen LogP) is 4.42. The number of carbonyl (C=O) groups is 3. The normalized spacial score (nSPS) is 16.8. The number of aromatic hydroxyl groups is 1. The molecule has 3 unspecified atom stereocenters. The van der Waals surface area contributed by atoms with Crippen molar-refractivity contribution >= 4 is 17.9 Å². The second-order valence-electron chi connectivity index (χ2n) is 11.8. The van der Waals surface area contributed by atoms with E-state index >= 15 is 0 Å². The number of nitrogens with zero attached hydrogens (tertiary/aromatic N) is 1. The molecule has 9 nitrogen and oxygen atoms in total. The minimum atomic E-state index is -1.30. The average molecular weight is 534 g/mol. The number of benzene rings is 1. The topological polar surface area (TPSA) is 128 Å². The number of phenols is 1. The Morgan fingerprint density at radius 2 is 1.63 bits per heavy atom. The Kier molecular flexibility index (Phi) is 11.9. The van der Waals surface area contributed by atoms with E-state index in [4.69, 9.17) is 4.74 Å². The van der Waals surface area contributed by atoms with E-state index in [1.165, 1.54) is 17.0 Å². The van der Waals surface area contributed by atoms with Crippen LogP contribution in [-0.2, 0) is 14.3 Å². The Balaban J connectivity index is 2.47. The van der Waals surface area contributed by atoms with Crippen LogP contribution in [0.3, 0.4) is 0 Å². The van der Waals surface area contributed by atoms with Gasteiger partial charge in [-0.15, -0.1) is 0 Å². The van der Waals surface area contributed by atoms with Crippen molar-refractivity contribution in [2.24, 2.45) is 5.92 Å². The van der Waals surface area contributed by atoms with Crippen LogP contribution in [0.4, 0.5) is 4.79 Å². The number of phenolic OH excluding ortho intramolecular Hbond substituents is 1. The van der Waals surface area contributed by atoms with E-state index in [0.717, 1.165) is 38.5 Å². The monoisotopic (exact) mass is 533 g/mol. The highest BCUT2D eigenvalue weighted by atomic mass is 16.6. The summed E-state index contributed by atoms with van der Waals surface area (Å²) in [5, 5.41) is 25.6. The number of carbonyl (C=O) groups excluding carboxylic acids is 3. The van der Waals surface area contributed by atoms with Crippen LogP contribution in [0.15, 0.2) is 24.3 Å². The van der Waals surface area contributed by atoms with Crippen molar-refractivity contribution in [2.45, 2.75) is 116 Å². The third-order valence-corrected chi connectivity index (χ3v) is 6.75. The molecular weight excluding hydrogens is 486 g/mol. The van der Waals surface area contributed by atoms with Crippen molar-refractivity contribution in [3.8, 4) is 5.75 Å². The fourth-order valence-electron chi connectivity index (χ4n) is 4.75. The Morgan fingerprint density at radius 1 is 1.03 bits per heavy atom. The second-order valence-corrected chi connectivity index (χ2v) is 11.8. The molecule has 1 aliphatic carbocycles. The molecule has 1 aliphatic rings. The van der Waals surface area contributed by atoms with Crippen molar-refractivity contribution < 1.29 is 29.3 Å². The molecule has 3 amide bonds. The maximum absolute atomic E-state index is 14.0. The van der Waals surface area contributed by atoms with E-state index in [1.807, 2.05) is 6.92 Å². The predicted molar refractivity (Wildman–Crippen MR) is 146 cm³/mol. The smallest absolute Gasteiger partial charge is 0.408 e. The SMILES string of the molecule is CC(C)CCC(C)N(C(=O)C(CO)NC(=O)OC(C)(C)C)C(C(=O)NC1CCCCC1)c1ccc(O)cc1. The van der Waals surface area contributed by atoms with Crippen LogP contribution >= 0.6 is 0 Å². The summed E-state index contributed by atoms with van der Waals surface area (Å²) in [6.07, 6.45) is 5.59. The maximum atomic E-state index is 14.0. The van der Waals surface area contributed by atoms with Crippen molar-refractivity contribution in [3.05, 3.63) is 29.8 Å². The molecule has 2 rings (SSSR count). The molecule has 214 valence electrons. The molecule has 1 aromatic rings. The molecule has 0 radical (unpaired) electrons. The number of amides is 3. The van der Waals surface area contributed by atoms with E-state index in [9.17, 15) is 24.6 Å². The summed E-state index contributed by atoms with van der Waals surface area (Å²) in [4.78, 5) is 41.8. The van der Waals surface area contributed by atoms with Gasteiger partial charge < -0.3 is 30.5 Å². The summed E-state index contributed by atoms with van der Waals surface area (Å²) in [6.45, 7) is 10.5. The van der Waals surface area contributed by atoms with Gasteiger partial charge in [-0.05, 0) is 77.0 Å². The van der Waals surface area contributed by atoms with Gasteiger partial charge in [0.05, 0.1) is 6.61 Å². The molecule has 0 bridgehead atoms. The Morgan fingerprint density at radius 3 is 2.16 bits per heavy atom. The van der Waals surface area contributed by atoms with Gasteiger partial charge in [0.15, 0.2) is 0 Å². The van der Waals surface area contributed by atoms with Crippen LogP contribution in [-0.4, -0.2) is 63.4 Å². The first kappa shape index (κ1) is 31.4. The van der Waals surface area contributed by atoms with Gasteiger partial charge >= 0.3 is 6.09 Å². The number of aliphatic hydroxyl groups excluding tert-OH is 1. The molecular formula is C29H47N3O6. The van der Waals surface area contributed by atoms with Crippen molar-refractivity contribution in [1.82, 2.24) is 15.5 Å². The number of aliphatic hydroxyl groups is 1. The fourth-order valence-corrected chi connectivity index (χ4v) is 4.75. The molecule has 1 aromatic carbocycles. The average Bonchev–Trinajstić information content (AvgIpc) is 2.84. The zero-order valence-corrected chi connectivity index (χ0v) is 23.8. The third kappa shape index (κ3) is 9.82. The number of alkyl carbamates (subject to hydrolysis) is 1. The second kappa shape index (κ2) is 14.4. The van der Waals surface area contributed by atoms with E-state index in [1.54, 1.807) is 32.9 Å². The largest absolute Gasteiger partial charge is 0.508 e. The van der Waals surface area contributed by atoms with Crippen LogP contribution in [0.1, 0.15) is 98.1 Å². The number of hydrogen-bond acceptors (Lipinski definition) is 6. The quantitative estimate of drug-likeness (QED) is 0.333. The Hall–Kier alpha value is -2.81. The van der Waals surface area contributed by atoms with Crippen LogP contribution in [0, 0.1) is 5.92 Å². The van der Waals surface area contributed by atoms with Gasteiger partial charge in [0.1, 0.15) is 23.4 Å². The van der Waals surface area contributed by atoms with Crippen LogP contribution < -0.4 is 10.6 Å². The highest BCUT2D eigenvalue weighted by Gasteiger charge is 2.39. The Labute approximate surface area is 227 Å². The maximum Gasteiger partial charge on any atom is 0.408 e. The van der Waals surface area contributed by atoms with Gasteiger partial charge in [-0.1, -0.05) is 45.2 Å². The minimum absolute atomic E-state index is 0.0207. The lowest BCUT2D eigenvalue weighted by atomic mass is 9.93. The fraction of sp³-hybridized carbons (Fsp3) is 0.690. The first-order valence-corrected chi connectivity index (χ1v) is 13.8. The molecule has 1 saturated carbocycles. The molecule has 38 heavy (non-hydrogen) atoms. The summed E-state index contributed by atoms with van der Waals surface area (Å²) < 4.78 is 5.31. The Bertz CT molecular complexity index is 906. The van der Waals surface area contributed by atoms with Gasteiger partial charge in [-0.3, -0.25) is 9.59 Å². The highest BCUT2D eigenvalue weighted by molar-refractivity contribution is 5.92. The lowest BCUT2D eigenvalue weighted by Gasteiger charge is -2.39. The van der Waals surface area contributed by atoms with Crippen molar-refractivity contribution in [2.75, 3.05) is 6.61 Å². The first-order chi connectivity index (χ1) is 17.8. The van der Waals surface area contributed by atoms with Gasteiger partial charge in [0.2, 0.25) is 11.8 Å². The zero-order chi connectivity index (χ0) is 28.5. The van der Waals surface area contributed by atoms with Gasteiger partial charge in [0.25, 0.3) is 0 Å². The first-order valence-electron chi connectivity index (χ1n) is 13.8. The van der Waals surface area contributed by atoms with Gasteiger partial charge in [-0.2, -0.15) is 0 Å². The van der Waals surface area contributed by atoms with Crippen molar-refractivity contribution in [1.29, 1.82) is 0 Å². The lowest BCUT2D eigenvalue weighted by Crippen LogP contribution is -2.57. The van der Waals surface area contributed by atoms with E-state index in [-0.39, 0.29) is 23.7 Å². The minimum Gasteiger partial charge on any atom is -0.508 e. The molecule has 1 fully saturated rings. The van der Waals surface area contributed by atoms with Gasteiger partial charge in [-0.25, -0.2) is 4.79 Å². The summed E-state index contributed by atoms with van der Waals surface area (Å²) >= 11 is 0. The summed E-state index contributed by atoms with van der Waals surface area (Å²) in [5.41, 5.74) is -0.249. The lowest BCUT2D eigenvalue weighted by molar-refractivity contribution is -0.146. The molecule has 0 aliphatic heterocycles. The van der Waals surface area contributed by atoms with Crippen LogP contribution in [0.5, 0.6) is 5.75 Å². The number of nitrogens with one attached hydrogen (secondary N) is 2. The van der Waals surface area contributed by atoms with Gasteiger partial charge in [0, 0.05) is 12.1 Å². The summed E-state index contributed by atoms with van der Waals surface area (Å²) in [7, 11) is 0. The molecule has 9 heteroatoms. The van der Waals surface area contributed by atoms with Crippen LogP contribution in [0.25, 0.3) is 0 Å². The van der Waals surface area contributed by atoms with E-state index < -0.39 is 36.3 Å². The molecule has 0 saturated heterocycles. The third-order valence-electron chi connectivity index (χ3n) is 6.75. The van der Waals surface area contributed by atoms with E-state index in [0.29, 0.717) is 17.9 Å². The molecule has 3 atom stereocenters. The number of rotatable bonds is 11. The zero-order valence-electron chi connectivity index (χ0n) is 23.8. The highest BCUT2D eigenvalue weighted by Crippen LogP contribution is 2.29. The van der Waals surface area contributed by atoms with Crippen molar-refractivity contribution in [3.63, 3.8) is 0 Å². The van der Waals surface area contributed by atoms with E-state index in [2.05, 4.69) is 24.5 Å². The number of ether oxygens (including phenoxy) is 1. The molecule has 0 aromatic heterocycles. The molecule has 0 heterocycles. The number of hydrogen-bond donors (Lipinski definition) is 4.